The van der Waals surface area contributed by atoms with Gasteiger partial charge in [0.05, 0.1) is 6.61 Å². The molecule has 86 valence electrons. The summed E-state index contributed by atoms with van der Waals surface area (Å²) in [5, 5.41) is 11.1. The minimum atomic E-state index is -0.667. The van der Waals surface area contributed by atoms with Crippen LogP contribution in [0.5, 0.6) is 0 Å². The van der Waals surface area contributed by atoms with Crippen LogP contribution in [0.1, 0.15) is 12.0 Å². The van der Waals surface area contributed by atoms with E-state index in [0.717, 1.165) is 12.0 Å². The Labute approximate surface area is 104 Å². The summed E-state index contributed by atoms with van der Waals surface area (Å²) in [6.45, 7) is 0.642. The third kappa shape index (κ3) is 2.51. The van der Waals surface area contributed by atoms with Gasteiger partial charge in [-0.05, 0) is 23.8 Å². The summed E-state index contributed by atoms with van der Waals surface area (Å²) in [5.41, 5.74) is 0.759. The summed E-state index contributed by atoms with van der Waals surface area (Å²) in [5.74, 6) is 0.621. The Morgan fingerprint density at radius 2 is 2.00 bits per heavy atom. The third-order valence-electron chi connectivity index (χ3n) is 2.52. The summed E-state index contributed by atoms with van der Waals surface area (Å²) >= 11 is 12.0. The first-order chi connectivity index (χ1) is 7.68. The number of rotatable bonds is 3. The first-order valence-corrected chi connectivity index (χ1v) is 5.88. The number of hydrogen-bond donors (Lipinski definition) is 1. The van der Waals surface area contributed by atoms with Gasteiger partial charge in [-0.25, -0.2) is 0 Å². The Bertz CT molecular complexity index is 395. The predicted octanol–water partition coefficient (Wildman–Crippen LogP) is 3.20. The van der Waals surface area contributed by atoms with Crippen molar-refractivity contribution in [2.45, 2.75) is 18.9 Å². The lowest BCUT2D eigenvalue weighted by molar-refractivity contribution is 0.118. The number of halogens is 2. The topological polar surface area (TPSA) is 29.5 Å². The molecule has 4 heteroatoms. The number of hydrogen-bond acceptors (Lipinski definition) is 2. The predicted molar refractivity (Wildman–Crippen MR) is 64.8 cm³/mol. The molecule has 0 aromatic heterocycles. The van der Waals surface area contributed by atoms with Crippen LogP contribution in [0, 0.1) is 0 Å². The second-order valence-electron chi connectivity index (χ2n) is 3.66. The largest absolute Gasteiger partial charge is 0.495 e. The highest BCUT2D eigenvalue weighted by Gasteiger charge is 2.18. The molecule has 1 aliphatic heterocycles. The van der Waals surface area contributed by atoms with Crippen LogP contribution in [0.3, 0.4) is 0 Å². The van der Waals surface area contributed by atoms with Gasteiger partial charge in [-0.1, -0.05) is 29.3 Å². The van der Waals surface area contributed by atoms with Crippen molar-refractivity contribution in [1.82, 2.24) is 0 Å². The highest BCUT2D eigenvalue weighted by atomic mass is 35.5. The molecule has 0 amide bonds. The highest BCUT2D eigenvalue weighted by molar-refractivity contribution is 6.36. The van der Waals surface area contributed by atoms with Gasteiger partial charge in [0.2, 0.25) is 0 Å². The first-order valence-electron chi connectivity index (χ1n) is 5.12. The van der Waals surface area contributed by atoms with Crippen LogP contribution < -0.4 is 0 Å². The van der Waals surface area contributed by atoms with Gasteiger partial charge >= 0.3 is 0 Å². The third-order valence-corrected chi connectivity index (χ3v) is 3.23. The monoisotopic (exact) mass is 258 g/mol. The zero-order valence-corrected chi connectivity index (χ0v) is 10.1. The van der Waals surface area contributed by atoms with Crippen LogP contribution in [0.15, 0.2) is 30.0 Å². The maximum Gasteiger partial charge on any atom is 0.121 e. The molecule has 1 heterocycles. The van der Waals surface area contributed by atoms with E-state index < -0.39 is 6.10 Å². The number of ether oxygens (including phenoxy) is 1. The Morgan fingerprint density at radius 3 is 2.56 bits per heavy atom. The van der Waals surface area contributed by atoms with E-state index in [4.69, 9.17) is 27.9 Å². The summed E-state index contributed by atoms with van der Waals surface area (Å²) < 4.78 is 5.29. The van der Waals surface area contributed by atoms with Gasteiger partial charge in [-0.15, -0.1) is 0 Å². The molecule has 1 atom stereocenters. The number of aliphatic hydroxyl groups excluding tert-OH is 1. The Balaban J connectivity index is 2.14. The minimum Gasteiger partial charge on any atom is -0.495 e. The molecular weight excluding hydrogens is 247 g/mol. The highest BCUT2D eigenvalue weighted by Crippen LogP contribution is 2.27. The van der Waals surface area contributed by atoms with E-state index in [-0.39, 0.29) is 0 Å². The van der Waals surface area contributed by atoms with E-state index in [1.54, 1.807) is 18.2 Å². The van der Waals surface area contributed by atoms with E-state index in [1.807, 2.05) is 6.08 Å². The van der Waals surface area contributed by atoms with Crippen molar-refractivity contribution in [3.63, 3.8) is 0 Å². The zero-order valence-electron chi connectivity index (χ0n) is 8.62. The fourth-order valence-corrected chi connectivity index (χ4v) is 2.24. The molecule has 16 heavy (non-hydrogen) atoms. The molecule has 0 saturated carbocycles. The average molecular weight is 259 g/mol. The fourth-order valence-electron chi connectivity index (χ4n) is 1.69. The molecule has 0 spiro atoms. The van der Waals surface area contributed by atoms with Crippen molar-refractivity contribution >= 4 is 23.2 Å². The quantitative estimate of drug-likeness (QED) is 0.903. The number of benzene rings is 1. The molecule has 2 rings (SSSR count). The van der Waals surface area contributed by atoms with Crippen LogP contribution in [0.2, 0.25) is 10.0 Å². The van der Waals surface area contributed by atoms with Gasteiger partial charge in [0.1, 0.15) is 11.9 Å². The van der Waals surface area contributed by atoms with Crippen LogP contribution in [-0.2, 0) is 11.2 Å². The van der Waals surface area contributed by atoms with Gasteiger partial charge in [-0.2, -0.15) is 0 Å². The molecule has 1 aliphatic rings. The van der Waals surface area contributed by atoms with Crippen molar-refractivity contribution in [2.24, 2.45) is 0 Å². The van der Waals surface area contributed by atoms with E-state index in [2.05, 4.69) is 0 Å². The van der Waals surface area contributed by atoms with Gasteiger partial charge in [0.25, 0.3) is 0 Å². The van der Waals surface area contributed by atoms with E-state index in [9.17, 15) is 5.11 Å². The van der Waals surface area contributed by atoms with E-state index in [0.29, 0.717) is 28.8 Å². The van der Waals surface area contributed by atoms with Crippen LogP contribution >= 0.6 is 23.2 Å². The lowest BCUT2D eigenvalue weighted by atomic mass is 10.1. The second-order valence-corrected chi connectivity index (χ2v) is 4.48. The maximum absolute atomic E-state index is 9.94. The van der Waals surface area contributed by atoms with Gasteiger partial charge < -0.3 is 9.84 Å². The van der Waals surface area contributed by atoms with Gasteiger partial charge in [0.15, 0.2) is 0 Å². The number of aliphatic hydroxyl groups is 1. The Morgan fingerprint density at radius 1 is 1.31 bits per heavy atom. The molecular formula is C12H12Cl2O2. The van der Waals surface area contributed by atoms with Crippen LogP contribution in [0.25, 0.3) is 0 Å². The molecule has 1 aromatic rings. The standard InChI is InChI=1S/C12H12Cl2O2/c13-9-3-1-4-10(14)8(9)7-11(15)12-5-2-6-16-12/h1,3-5,11,15H,2,6-7H2. The maximum atomic E-state index is 9.94. The molecule has 2 nitrogen and oxygen atoms in total. The lowest BCUT2D eigenvalue weighted by Crippen LogP contribution is -2.14. The Hall–Kier alpha value is -0.700. The molecule has 1 unspecified atom stereocenters. The molecule has 0 aliphatic carbocycles. The summed E-state index contributed by atoms with van der Waals surface area (Å²) in [6.07, 6.45) is 2.46. The molecule has 0 fully saturated rings. The smallest absolute Gasteiger partial charge is 0.121 e. The van der Waals surface area contributed by atoms with Crippen LogP contribution in [-0.4, -0.2) is 17.8 Å². The summed E-state index contributed by atoms with van der Waals surface area (Å²) in [6, 6.07) is 5.31. The summed E-state index contributed by atoms with van der Waals surface area (Å²) in [7, 11) is 0. The molecule has 0 saturated heterocycles. The average Bonchev–Trinajstić information content (AvgIpc) is 2.76. The van der Waals surface area contributed by atoms with E-state index >= 15 is 0 Å². The minimum absolute atomic E-state index is 0.379. The van der Waals surface area contributed by atoms with Crippen molar-refractivity contribution in [3.8, 4) is 0 Å². The first kappa shape index (κ1) is 11.8. The van der Waals surface area contributed by atoms with Crippen molar-refractivity contribution in [1.29, 1.82) is 0 Å². The normalized spacial score (nSPS) is 16.8. The van der Waals surface area contributed by atoms with Crippen molar-refractivity contribution in [3.05, 3.63) is 45.6 Å². The van der Waals surface area contributed by atoms with Crippen LogP contribution in [0.4, 0.5) is 0 Å². The lowest BCUT2D eigenvalue weighted by Gasteiger charge is -2.14. The zero-order chi connectivity index (χ0) is 11.5. The van der Waals surface area contributed by atoms with Crippen molar-refractivity contribution < 1.29 is 9.84 Å². The fraction of sp³-hybridized carbons (Fsp3) is 0.333. The van der Waals surface area contributed by atoms with Crippen molar-refractivity contribution in [2.75, 3.05) is 6.61 Å². The second kappa shape index (κ2) is 5.09. The molecule has 0 bridgehead atoms. The van der Waals surface area contributed by atoms with Gasteiger partial charge in [0, 0.05) is 22.9 Å². The summed E-state index contributed by atoms with van der Waals surface area (Å²) in [4.78, 5) is 0. The van der Waals surface area contributed by atoms with E-state index in [1.165, 1.54) is 0 Å². The molecule has 1 N–H and O–H groups in total. The molecule has 1 aromatic carbocycles. The SMILES string of the molecule is OC(Cc1c(Cl)cccc1Cl)C1=CCCO1. The van der Waals surface area contributed by atoms with Gasteiger partial charge in [-0.3, -0.25) is 0 Å². The Kier molecular flexibility index (Phi) is 3.74. The molecule has 0 radical (unpaired) electrons.